The predicted octanol–water partition coefficient (Wildman–Crippen LogP) is 5.69. The minimum atomic E-state index is -0.767. The van der Waals surface area contributed by atoms with E-state index in [0.717, 1.165) is 10.4 Å². The summed E-state index contributed by atoms with van der Waals surface area (Å²) in [6.07, 6.45) is 0. The Hall–Kier alpha value is -3.58. The molecule has 0 aliphatic carbocycles. The van der Waals surface area contributed by atoms with E-state index in [1.54, 1.807) is 37.4 Å². The van der Waals surface area contributed by atoms with Gasteiger partial charge in [-0.15, -0.1) is 11.3 Å². The van der Waals surface area contributed by atoms with E-state index in [1.165, 1.54) is 23.3 Å². The molecule has 1 fully saturated rings. The number of ether oxygens (including phenoxy) is 2. The summed E-state index contributed by atoms with van der Waals surface area (Å²) in [7, 11) is 3.07. The second kappa shape index (κ2) is 8.99. The van der Waals surface area contributed by atoms with Crippen LogP contribution in [0.5, 0.6) is 11.5 Å². The first-order chi connectivity index (χ1) is 16.2. The first-order valence-corrected chi connectivity index (χ1v) is 11.7. The zero-order valence-electron chi connectivity index (χ0n) is 19.8. The van der Waals surface area contributed by atoms with E-state index < -0.39 is 17.7 Å². The number of carbonyl (C=O) groups excluding carboxylic acids is 2. The molecule has 4 rings (SSSR count). The van der Waals surface area contributed by atoms with Crippen molar-refractivity contribution in [2.45, 2.75) is 32.2 Å². The Kier molecular flexibility index (Phi) is 6.23. The van der Waals surface area contributed by atoms with Crippen LogP contribution in [0.15, 0.2) is 65.6 Å². The van der Waals surface area contributed by atoms with Crippen LogP contribution in [0.1, 0.15) is 42.8 Å². The number of anilines is 1. The van der Waals surface area contributed by atoms with Crippen molar-refractivity contribution in [2.75, 3.05) is 19.1 Å². The summed E-state index contributed by atoms with van der Waals surface area (Å²) in [5.41, 5.74) is 1.73. The zero-order valence-corrected chi connectivity index (χ0v) is 20.6. The molecular weight excluding hydrogens is 450 g/mol. The number of methoxy groups -OCH3 is 2. The van der Waals surface area contributed by atoms with Gasteiger partial charge in [0.25, 0.3) is 11.7 Å². The minimum absolute atomic E-state index is 0.0348. The predicted molar refractivity (Wildman–Crippen MR) is 134 cm³/mol. The monoisotopic (exact) mass is 477 g/mol. The average Bonchev–Trinajstić information content (AvgIpc) is 3.44. The maximum Gasteiger partial charge on any atom is 0.300 e. The van der Waals surface area contributed by atoms with Gasteiger partial charge < -0.3 is 14.6 Å². The van der Waals surface area contributed by atoms with E-state index in [1.807, 2.05) is 29.6 Å². The summed E-state index contributed by atoms with van der Waals surface area (Å²) >= 11 is 1.42. The highest BCUT2D eigenvalue weighted by molar-refractivity contribution is 7.10. The smallest absolute Gasteiger partial charge is 0.300 e. The van der Waals surface area contributed by atoms with Gasteiger partial charge in [0.1, 0.15) is 23.3 Å². The number of nitrogens with zero attached hydrogens (tertiary/aromatic N) is 1. The quantitative estimate of drug-likeness (QED) is 0.290. The third-order valence-electron chi connectivity index (χ3n) is 5.93. The third-order valence-corrected chi connectivity index (χ3v) is 6.85. The fourth-order valence-electron chi connectivity index (χ4n) is 4.06. The van der Waals surface area contributed by atoms with E-state index in [-0.39, 0.29) is 16.7 Å². The molecule has 34 heavy (non-hydrogen) atoms. The highest BCUT2D eigenvalue weighted by atomic mass is 32.1. The van der Waals surface area contributed by atoms with Crippen molar-refractivity contribution in [3.63, 3.8) is 0 Å². The fraction of sp³-hybridized carbons (Fsp3) is 0.259. The lowest BCUT2D eigenvalue weighted by Gasteiger charge is -2.25. The number of hydrogen-bond acceptors (Lipinski definition) is 6. The number of aliphatic hydroxyl groups excluding tert-OH is 1. The van der Waals surface area contributed by atoms with Crippen LogP contribution >= 0.6 is 11.3 Å². The second-order valence-corrected chi connectivity index (χ2v) is 10.0. The Balaban J connectivity index is 1.94. The van der Waals surface area contributed by atoms with Gasteiger partial charge in [-0.1, -0.05) is 32.9 Å². The largest absolute Gasteiger partial charge is 0.507 e. The van der Waals surface area contributed by atoms with Crippen molar-refractivity contribution in [1.29, 1.82) is 0 Å². The minimum Gasteiger partial charge on any atom is -0.507 e. The third kappa shape index (κ3) is 4.07. The van der Waals surface area contributed by atoms with Gasteiger partial charge in [-0.2, -0.15) is 0 Å². The van der Waals surface area contributed by atoms with Crippen LogP contribution < -0.4 is 14.4 Å². The molecule has 1 aliphatic heterocycles. The van der Waals surface area contributed by atoms with Crippen LogP contribution in [-0.4, -0.2) is 31.0 Å². The Morgan fingerprint density at radius 1 is 1.00 bits per heavy atom. The van der Waals surface area contributed by atoms with Crippen LogP contribution in [0.3, 0.4) is 0 Å². The van der Waals surface area contributed by atoms with Crippen molar-refractivity contribution in [1.82, 2.24) is 0 Å². The Morgan fingerprint density at radius 2 is 1.71 bits per heavy atom. The molecule has 1 atom stereocenters. The molecule has 6 nitrogen and oxygen atoms in total. The van der Waals surface area contributed by atoms with Gasteiger partial charge in [-0.25, -0.2) is 0 Å². The molecule has 1 amide bonds. The number of aliphatic hydroxyl groups is 1. The Bertz CT molecular complexity index is 1250. The summed E-state index contributed by atoms with van der Waals surface area (Å²) in [5.74, 6) is -0.635. The van der Waals surface area contributed by atoms with Crippen molar-refractivity contribution < 1.29 is 24.2 Å². The number of thiophene rings is 1. The van der Waals surface area contributed by atoms with E-state index in [0.29, 0.717) is 22.7 Å². The van der Waals surface area contributed by atoms with Gasteiger partial charge in [0.2, 0.25) is 0 Å². The summed E-state index contributed by atoms with van der Waals surface area (Å²) in [6, 6.07) is 15.4. The van der Waals surface area contributed by atoms with Crippen molar-refractivity contribution in [2.24, 2.45) is 0 Å². The lowest BCUT2D eigenvalue weighted by molar-refractivity contribution is -0.132. The Labute approximate surface area is 203 Å². The maximum absolute atomic E-state index is 13.3. The molecule has 2 aromatic carbocycles. The number of ketones is 1. The van der Waals surface area contributed by atoms with E-state index >= 15 is 0 Å². The maximum atomic E-state index is 13.3. The van der Waals surface area contributed by atoms with Gasteiger partial charge in [0.15, 0.2) is 0 Å². The number of benzene rings is 2. The highest BCUT2D eigenvalue weighted by Crippen LogP contribution is 2.45. The van der Waals surface area contributed by atoms with E-state index in [2.05, 4.69) is 20.8 Å². The number of carbonyl (C=O) groups is 2. The van der Waals surface area contributed by atoms with E-state index in [4.69, 9.17) is 9.47 Å². The van der Waals surface area contributed by atoms with Crippen LogP contribution in [0.4, 0.5) is 5.69 Å². The normalized spacial score (nSPS) is 17.8. The molecule has 1 aromatic heterocycles. The zero-order chi connectivity index (χ0) is 24.6. The lowest BCUT2D eigenvalue weighted by Crippen LogP contribution is -2.29. The first kappa shape index (κ1) is 23.6. The van der Waals surface area contributed by atoms with Crippen LogP contribution in [0, 0.1) is 0 Å². The number of rotatable bonds is 5. The molecular formula is C27H27NO5S. The number of amides is 1. The number of Topliss-reactive ketones (excluding diaryl/α,β-unsaturated/α-hetero) is 1. The Morgan fingerprint density at radius 3 is 2.26 bits per heavy atom. The van der Waals surface area contributed by atoms with E-state index in [9.17, 15) is 14.7 Å². The van der Waals surface area contributed by atoms with Crippen molar-refractivity contribution in [3.05, 3.63) is 81.6 Å². The lowest BCUT2D eigenvalue weighted by atomic mass is 9.85. The van der Waals surface area contributed by atoms with Gasteiger partial charge in [0, 0.05) is 10.6 Å². The SMILES string of the molecule is COc1ccc(N2C(=O)C(=O)/C(=C(/O)c3cc(C(C)(C)C)ccc3OC)C2c2cccs2)cc1. The van der Waals surface area contributed by atoms with Crippen LogP contribution in [-0.2, 0) is 15.0 Å². The van der Waals surface area contributed by atoms with Gasteiger partial charge in [0.05, 0.1) is 25.4 Å². The summed E-state index contributed by atoms with van der Waals surface area (Å²) < 4.78 is 10.7. The van der Waals surface area contributed by atoms with Gasteiger partial charge in [-0.3, -0.25) is 14.5 Å². The van der Waals surface area contributed by atoms with Crippen LogP contribution in [0.25, 0.3) is 5.76 Å². The van der Waals surface area contributed by atoms with Crippen LogP contribution in [0.2, 0.25) is 0 Å². The standard InChI is InChI=1S/C27H27NO5S/c1-27(2,3)16-8-13-20(33-5)19(15-16)24(29)22-23(21-7-6-14-34-21)28(26(31)25(22)30)17-9-11-18(32-4)12-10-17/h6-15,23,29H,1-5H3/b24-22+. The topological polar surface area (TPSA) is 76.1 Å². The summed E-state index contributed by atoms with van der Waals surface area (Å²) in [4.78, 5) is 28.8. The molecule has 3 aromatic rings. The summed E-state index contributed by atoms with van der Waals surface area (Å²) in [6.45, 7) is 6.19. The molecule has 1 saturated heterocycles. The second-order valence-electron chi connectivity index (χ2n) is 9.05. The van der Waals surface area contributed by atoms with Crippen molar-refractivity contribution >= 4 is 34.5 Å². The molecule has 0 bridgehead atoms. The highest BCUT2D eigenvalue weighted by Gasteiger charge is 2.47. The molecule has 0 saturated carbocycles. The molecule has 7 heteroatoms. The van der Waals surface area contributed by atoms with Gasteiger partial charge in [-0.05, 0) is 58.8 Å². The molecule has 176 valence electrons. The average molecular weight is 478 g/mol. The van der Waals surface area contributed by atoms with Gasteiger partial charge >= 0.3 is 0 Å². The first-order valence-electron chi connectivity index (χ1n) is 10.8. The fourth-order valence-corrected chi connectivity index (χ4v) is 4.89. The summed E-state index contributed by atoms with van der Waals surface area (Å²) in [5, 5.41) is 13.4. The molecule has 0 spiro atoms. The molecule has 1 unspecified atom stereocenters. The molecule has 1 N–H and O–H groups in total. The molecule has 2 heterocycles. The molecule has 1 aliphatic rings. The number of hydrogen-bond donors (Lipinski definition) is 1. The van der Waals surface area contributed by atoms with Crippen molar-refractivity contribution in [3.8, 4) is 11.5 Å². The molecule has 0 radical (unpaired) electrons.